The standard InChI is InChI=1S/C14H27N3O2/c1-14(2,3)19-13(18)17(11-4-5-11)12-6-8-16(10-12)9-7-15/h11-12H,4-10,15H2,1-3H3/t12-/m0/s1. The van der Waals surface area contributed by atoms with Crippen LogP contribution in [0, 0.1) is 0 Å². The lowest BCUT2D eigenvalue weighted by atomic mass is 10.2. The second-order valence-electron chi connectivity index (χ2n) is 6.65. The van der Waals surface area contributed by atoms with E-state index in [1.807, 2.05) is 25.7 Å². The minimum atomic E-state index is -0.417. The molecule has 110 valence electrons. The molecule has 2 fully saturated rings. The first-order valence-electron chi connectivity index (χ1n) is 7.34. The van der Waals surface area contributed by atoms with Gasteiger partial charge in [-0.1, -0.05) is 0 Å². The van der Waals surface area contributed by atoms with Crippen LogP contribution in [0.15, 0.2) is 0 Å². The number of amides is 1. The van der Waals surface area contributed by atoms with Gasteiger partial charge in [-0.25, -0.2) is 4.79 Å². The third-order valence-electron chi connectivity index (χ3n) is 3.63. The summed E-state index contributed by atoms with van der Waals surface area (Å²) in [5.74, 6) is 0. The Bertz CT molecular complexity index is 323. The third-order valence-corrected chi connectivity index (χ3v) is 3.63. The van der Waals surface area contributed by atoms with Crippen LogP contribution in [0.4, 0.5) is 4.79 Å². The molecule has 2 aliphatic rings. The highest BCUT2D eigenvalue weighted by Crippen LogP contribution is 2.32. The summed E-state index contributed by atoms with van der Waals surface area (Å²) in [6.45, 7) is 9.34. The van der Waals surface area contributed by atoms with Crippen LogP contribution in [0.25, 0.3) is 0 Å². The fraction of sp³-hybridized carbons (Fsp3) is 0.929. The first kappa shape index (κ1) is 14.6. The lowest BCUT2D eigenvalue weighted by Gasteiger charge is -2.31. The zero-order chi connectivity index (χ0) is 14.0. The first-order valence-corrected chi connectivity index (χ1v) is 7.34. The molecule has 2 rings (SSSR count). The largest absolute Gasteiger partial charge is 0.444 e. The van der Waals surface area contributed by atoms with Gasteiger partial charge < -0.3 is 15.4 Å². The van der Waals surface area contributed by atoms with Gasteiger partial charge in [-0.15, -0.1) is 0 Å². The molecule has 1 atom stereocenters. The molecule has 0 aromatic carbocycles. The molecule has 1 aliphatic carbocycles. The summed E-state index contributed by atoms with van der Waals surface area (Å²) >= 11 is 0. The van der Waals surface area contributed by atoms with Crippen LogP contribution < -0.4 is 5.73 Å². The van der Waals surface area contributed by atoms with Crippen molar-refractivity contribution in [2.45, 2.75) is 57.7 Å². The quantitative estimate of drug-likeness (QED) is 0.838. The van der Waals surface area contributed by atoms with Crippen LogP contribution in [0.3, 0.4) is 0 Å². The number of hydrogen-bond acceptors (Lipinski definition) is 4. The van der Waals surface area contributed by atoms with Crippen molar-refractivity contribution in [3.8, 4) is 0 Å². The Balaban J connectivity index is 1.95. The maximum atomic E-state index is 12.4. The molecule has 0 spiro atoms. The van der Waals surface area contributed by atoms with E-state index in [0.29, 0.717) is 18.6 Å². The zero-order valence-electron chi connectivity index (χ0n) is 12.4. The van der Waals surface area contributed by atoms with Crippen molar-refractivity contribution < 1.29 is 9.53 Å². The van der Waals surface area contributed by atoms with Crippen LogP contribution in [-0.4, -0.2) is 59.8 Å². The number of nitrogens with zero attached hydrogens (tertiary/aromatic N) is 2. The van der Waals surface area contributed by atoms with Crippen molar-refractivity contribution in [1.82, 2.24) is 9.80 Å². The third kappa shape index (κ3) is 4.08. The Morgan fingerprint density at radius 1 is 1.32 bits per heavy atom. The lowest BCUT2D eigenvalue weighted by molar-refractivity contribution is 0.0148. The van der Waals surface area contributed by atoms with Crippen LogP contribution in [0.5, 0.6) is 0 Å². The fourth-order valence-corrected chi connectivity index (χ4v) is 2.69. The molecule has 1 heterocycles. The van der Waals surface area contributed by atoms with Gasteiger partial charge in [0.05, 0.1) is 0 Å². The Morgan fingerprint density at radius 3 is 2.53 bits per heavy atom. The van der Waals surface area contributed by atoms with Gasteiger partial charge in [0.15, 0.2) is 0 Å². The molecule has 1 amide bonds. The smallest absolute Gasteiger partial charge is 0.410 e. The lowest BCUT2D eigenvalue weighted by Crippen LogP contribution is -2.46. The Hall–Kier alpha value is -0.810. The summed E-state index contributed by atoms with van der Waals surface area (Å²) in [5, 5.41) is 0. The summed E-state index contributed by atoms with van der Waals surface area (Å²) < 4.78 is 5.55. The number of nitrogens with two attached hydrogens (primary N) is 1. The molecular weight excluding hydrogens is 242 g/mol. The van der Waals surface area contributed by atoms with E-state index in [2.05, 4.69) is 4.90 Å². The number of carbonyl (C=O) groups excluding carboxylic acids is 1. The molecule has 2 N–H and O–H groups in total. The minimum absolute atomic E-state index is 0.144. The number of likely N-dealkylation sites (tertiary alicyclic amines) is 1. The molecule has 0 aromatic heterocycles. The second kappa shape index (κ2) is 5.67. The number of rotatable bonds is 4. The van der Waals surface area contributed by atoms with E-state index >= 15 is 0 Å². The normalized spacial score (nSPS) is 24.5. The van der Waals surface area contributed by atoms with Crippen molar-refractivity contribution in [2.75, 3.05) is 26.2 Å². The number of ether oxygens (including phenoxy) is 1. The molecular formula is C14H27N3O2. The molecule has 19 heavy (non-hydrogen) atoms. The van der Waals surface area contributed by atoms with Crippen molar-refractivity contribution >= 4 is 6.09 Å². The molecule has 0 radical (unpaired) electrons. The fourth-order valence-electron chi connectivity index (χ4n) is 2.69. The molecule has 1 aliphatic heterocycles. The van der Waals surface area contributed by atoms with Crippen LogP contribution in [0.2, 0.25) is 0 Å². The minimum Gasteiger partial charge on any atom is -0.444 e. The van der Waals surface area contributed by atoms with Gasteiger partial charge in [-0.2, -0.15) is 0 Å². The highest BCUT2D eigenvalue weighted by molar-refractivity contribution is 5.69. The van der Waals surface area contributed by atoms with E-state index < -0.39 is 5.60 Å². The van der Waals surface area contributed by atoms with E-state index in [-0.39, 0.29) is 6.09 Å². The second-order valence-corrected chi connectivity index (χ2v) is 6.65. The van der Waals surface area contributed by atoms with E-state index in [1.165, 1.54) is 0 Å². The monoisotopic (exact) mass is 269 g/mol. The highest BCUT2D eigenvalue weighted by Gasteiger charge is 2.41. The molecule has 5 nitrogen and oxygen atoms in total. The number of carbonyl (C=O) groups is 1. The summed E-state index contributed by atoms with van der Waals surface area (Å²) in [7, 11) is 0. The van der Waals surface area contributed by atoms with Gasteiger partial charge in [0.2, 0.25) is 0 Å². The Morgan fingerprint density at radius 2 is 2.00 bits per heavy atom. The highest BCUT2D eigenvalue weighted by atomic mass is 16.6. The molecule has 1 saturated heterocycles. The Labute approximate surface area is 116 Å². The van der Waals surface area contributed by atoms with Gasteiger partial charge in [0.1, 0.15) is 5.60 Å². The van der Waals surface area contributed by atoms with E-state index in [1.54, 1.807) is 0 Å². The van der Waals surface area contributed by atoms with Gasteiger partial charge in [0, 0.05) is 38.3 Å². The average molecular weight is 269 g/mol. The summed E-state index contributed by atoms with van der Waals surface area (Å²) in [6, 6.07) is 0.701. The molecule has 1 saturated carbocycles. The zero-order valence-corrected chi connectivity index (χ0v) is 12.4. The van der Waals surface area contributed by atoms with E-state index in [9.17, 15) is 4.79 Å². The van der Waals surface area contributed by atoms with E-state index in [4.69, 9.17) is 10.5 Å². The van der Waals surface area contributed by atoms with Gasteiger partial charge in [-0.3, -0.25) is 4.90 Å². The molecule has 5 heteroatoms. The number of hydrogen-bond donors (Lipinski definition) is 1. The van der Waals surface area contributed by atoms with Gasteiger partial charge >= 0.3 is 6.09 Å². The van der Waals surface area contributed by atoms with Crippen molar-refractivity contribution in [2.24, 2.45) is 5.73 Å². The predicted octanol–water partition coefficient (Wildman–Crippen LogP) is 1.42. The van der Waals surface area contributed by atoms with Crippen molar-refractivity contribution in [1.29, 1.82) is 0 Å². The summed E-state index contributed by atoms with van der Waals surface area (Å²) in [6.07, 6.45) is 3.13. The summed E-state index contributed by atoms with van der Waals surface area (Å²) in [5.41, 5.74) is 5.18. The maximum Gasteiger partial charge on any atom is 0.410 e. The topological polar surface area (TPSA) is 58.8 Å². The summed E-state index contributed by atoms with van der Waals surface area (Å²) in [4.78, 5) is 16.7. The van der Waals surface area contributed by atoms with Crippen LogP contribution >= 0.6 is 0 Å². The Kier molecular flexibility index (Phi) is 4.36. The van der Waals surface area contributed by atoms with Crippen molar-refractivity contribution in [3.05, 3.63) is 0 Å². The van der Waals surface area contributed by atoms with E-state index in [0.717, 1.165) is 38.9 Å². The molecule has 0 unspecified atom stereocenters. The van der Waals surface area contributed by atoms with Gasteiger partial charge in [-0.05, 0) is 40.0 Å². The average Bonchev–Trinajstić information content (AvgIpc) is 2.98. The molecule has 0 bridgehead atoms. The maximum absolute atomic E-state index is 12.4. The SMILES string of the molecule is CC(C)(C)OC(=O)N(C1CC1)[C@H]1CCN(CCN)C1. The first-order chi connectivity index (χ1) is 8.90. The predicted molar refractivity (Wildman–Crippen MR) is 75.0 cm³/mol. The van der Waals surface area contributed by atoms with Crippen LogP contribution in [0.1, 0.15) is 40.0 Å². The van der Waals surface area contributed by atoms with Gasteiger partial charge in [0.25, 0.3) is 0 Å². The molecule has 0 aromatic rings. The van der Waals surface area contributed by atoms with Crippen LogP contribution in [-0.2, 0) is 4.74 Å². The van der Waals surface area contributed by atoms with Crippen molar-refractivity contribution in [3.63, 3.8) is 0 Å².